The van der Waals surface area contributed by atoms with Crippen LogP contribution in [0.1, 0.15) is 41.8 Å². The summed E-state index contributed by atoms with van der Waals surface area (Å²) < 4.78 is 8.06. The predicted octanol–water partition coefficient (Wildman–Crippen LogP) is 5.80. The third-order valence-electron chi connectivity index (χ3n) is 6.30. The molecule has 4 rings (SSSR count). The van der Waals surface area contributed by atoms with Gasteiger partial charge in [-0.2, -0.15) is 0 Å². The molecule has 0 radical (unpaired) electrons. The van der Waals surface area contributed by atoms with Crippen LogP contribution in [0.15, 0.2) is 72.8 Å². The lowest BCUT2D eigenvalue weighted by Crippen LogP contribution is -2.29. The molecule has 5 heteroatoms. The Balaban J connectivity index is 1.21. The first-order valence-corrected chi connectivity index (χ1v) is 12.5. The van der Waals surface area contributed by atoms with E-state index in [-0.39, 0.29) is 12.5 Å². The van der Waals surface area contributed by atoms with Crippen LogP contribution in [0.25, 0.3) is 11.0 Å². The molecule has 0 aliphatic rings. The maximum atomic E-state index is 12.2. The van der Waals surface area contributed by atoms with Crippen molar-refractivity contribution in [3.05, 3.63) is 95.3 Å². The lowest BCUT2D eigenvalue weighted by molar-refractivity contribution is -0.123. The molecule has 4 aromatic rings. The highest BCUT2D eigenvalue weighted by Crippen LogP contribution is 2.20. The van der Waals surface area contributed by atoms with Crippen LogP contribution in [-0.2, 0) is 24.2 Å². The van der Waals surface area contributed by atoms with Crippen molar-refractivity contribution in [3.63, 3.8) is 0 Å². The van der Waals surface area contributed by atoms with E-state index in [0.717, 1.165) is 66.9 Å². The lowest BCUT2D eigenvalue weighted by atomic mass is 10.1. The first-order chi connectivity index (χ1) is 17.1. The van der Waals surface area contributed by atoms with Gasteiger partial charge in [0.2, 0.25) is 0 Å². The summed E-state index contributed by atoms with van der Waals surface area (Å²) in [6, 6.07) is 25.0. The fourth-order valence-electron chi connectivity index (χ4n) is 4.32. The van der Waals surface area contributed by atoms with Crippen molar-refractivity contribution in [2.24, 2.45) is 0 Å². The molecule has 1 N–H and O–H groups in total. The molecule has 0 spiro atoms. The Kier molecular flexibility index (Phi) is 8.55. The van der Waals surface area contributed by atoms with Gasteiger partial charge in [-0.25, -0.2) is 4.98 Å². The summed E-state index contributed by atoms with van der Waals surface area (Å²) in [5.74, 6) is 1.84. The van der Waals surface area contributed by atoms with E-state index >= 15 is 0 Å². The Hall–Kier alpha value is -3.60. The average molecular weight is 470 g/mol. The highest BCUT2D eigenvalue weighted by atomic mass is 16.5. The van der Waals surface area contributed by atoms with Crippen molar-refractivity contribution < 1.29 is 9.53 Å². The van der Waals surface area contributed by atoms with Gasteiger partial charge in [-0.15, -0.1) is 0 Å². The minimum Gasteiger partial charge on any atom is -0.483 e. The molecular formula is C30H35N3O2. The fraction of sp³-hybridized carbons (Fsp3) is 0.333. The number of unbranched alkanes of at least 4 members (excludes halogenated alkanes) is 2. The molecule has 182 valence electrons. The van der Waals surface area contributed by atoms with Crippen LogP contribution in [0.5, 0.6) is 5.75 Å². The van der Waals surface area contributed by atoms with Crippen LogP contribution in [0.4, 0.5) is 0 Å². The maximum Gasteiger partial charge on any atom is 0.257 e. The molecule has 0 saturated heterocycles. The van der Waals surface area contributed by atoms with Gasteiger partial charge in [0.25, 0.3) is 5.91 Å². The first-order valence-electron chi connectivity index (χ1n) is 12.5. The van der Waals surface area contributed by atoms with Crippen molar-refractivity contribution >= 4 is 16.9 Å². The van der Waals surface area contributed by atoms with Crippen molar-refractivity contribution in [2.75, 3.05) is 13.2 Å². The van der Waals surface area contributed by atoms with Gasteiger partial charge in [0.15, 0.2) is 6.61 Å². The molecule has 1 amide bonds. The smallest absolute Gasteiger partial charge is 0.257 e. The van der Waals surface area contributed by atoms with E-state index in [4.69, 9.17) is 9.72 Å². The summed E-state index contributed by atoms with van der Waals surface area (Å²) in [5.41, 5.74) is 5.77. The summed E-state index contributed by atoms with van der Waals surface area (Å²) in [6.07, 6.45) is 4.96. The van der Waals surface area contributed by atoms with Gasteiger partial charge in [0, 0.05) is 19.5 Å². The van der Waals surface area contributed by atoms with E-state index in [9.17, 15) is 4.79 Å². The van der Waals surface area contributed by atoms with Crippen LogP contribution < -0.4 is 10.1 Å². The molecule has 3 aromatic carbocycles. The number of hydrogen-bond donors (Lipinski definition) is 1. The second-order valence-electron chi connectivity index (χ2n) is 9.12. The van der Waals surface area contributed by atoms with Crippen LogP contribution >= 0.6 is 0 Å². The van der Waals surface area contributed by atoms with Crippen LogP contribution in [0.2, 0.25) is 0 Å². The summed E-state index contributed by atoms with van der Waals surface area (Å²) in [7, 11) is 0. The Morgan fingerprint density at radius 1 is 0.914 bits per heavy atom. The molecule has 5 nitrogen and oxygen atoms in total. The number of hydrogen-bond acceptors (Lipinski definition) is 3. The molecule has 0 saturated carbocycles. The van der Waals surface area contributed by atoms with E-state index in [1.165, 1.54) is 11.1 Å². The number of para-hydroxylation sites is 2. The monoisotopic (exact) mass is 469 g/mol. The standard InChI is InChI=1S/C30H35N3O2/c1-23-16-17-24(2)28(21-23)35-22-30(34)31-19-10-4-7-15-29-32-26-13-8-9-14-27(26)33(29)20-18-25-11-5-3-6-12-25/h3,5-6,8-9,11-14,16-17,21H,4,7,10,15,18-20,22H2,1-2H3,(H,31,34). The summed E-state index contributed by atoms with van der Waals surface area (Å²) in [5, 5.41) is 2.97. The number of benzene rings is 3. The van der Waals surface area contributed by atoms with E-state index < -0.39 is 0 Å². The van der Waals surface area contributed by atoms with Crippen molar-refractivity contribution in [1.29, 1.82) is 0 Å². The number of amides is 1. The normalized spacial score (nSPS) is 11.0. The number of nitrogens with zero attached hydrogens (tertiary/aromatic N) is 2. The molecule has 0 aliphatic carbocycles. The number of nitrogens with one attached hydrogen (secondary N) is 1. The largest absolute Gasteiger partial charge is 0.483 e. The molecule has 0 unspecified atom stereocenters. The highest BCUT2D eigenvalue weighted by Gasteiger charge is 2.10. The van der Waals surface area contributed by atoms with Gasteiger partial charge in [-0.05, 0) is 68.0 Å². The van der Waals surface area contributed by atoms with Gasteiger partial charge in [-0.3, -0.25) is 4.79 Å². The Morgan fingerprint density at radius 3 is 2.57 bits per heavy atom. The number of ether oxygens (including phenoxy) is 1. The first kappa shape index (κ1) is 24.5. The molecule has 0 bridgehead atoms. The number of imidazole rings is 1. The van der Waals surface area contributed by atoms with Crippen LogP contribution in [-0.4, -0.2) is 28.6 Å². The fourth-order valence-corrected chi connectivity index (χ4v) is 4.32. The van der Waals surface area contributed by atoms with E-state index in [0.29, 0.717) is 6.54 Å². The number of fused-ring (bicyclic) bond motifs is 1. The van der Waals surface area contributed by atoms with E-state index in [1.54, 1.807) is 0 Å². The number of rotatable bonds is 12. The third kappa shape index (κ3) is 6.95. The predicted molar refractivity (Wildman–Crippen MR) is 142 cm³/mol. The minimum atomic E-state index is -0.0754. The van der Waals surface area contributed by atoms with Gasteiger partial charge in [-0.1, -0.05) is 61.0 Å². The number of carbonyl (C=O) groups is 1. The zero-order chi connectivity index (χ0) is 24.5. The second kappa shape index (κ2) is 12.2. The van der Waals surface area contributed by atoms with Gasteiger partial charge in [0.1, 0.15) is 11.6 Å². The van der Waals surface area contributed by atoms with Crippen molar-refractivity contribution in [3.8, 4) is 5.75 Å². The second-order valence-corrected chi connectivity index (χ2v) is 9.12. The van der Waals surface area contributed by atoms with Gasteiger partial charge in [0.05, 0.1) is 11.0 Å². The maximum absolute atomic E-state index is 12.2. The topological polar surface area (TPSA) is 56.1 Å². The lowest BCUT2D eigenvalue weighted by Gasteiger charge is -2.11. The van der Waals surface area contributed by atoms with Crippen LogP contribution in [0, 0.1) is 13.8 Å². The average Bonchev–Trinajstić information content (AvgIpc) is 3.23. The zero-order valence-electron chi connectivity index (χ0n) is 20.8. The van der Waals surface area contributed by atoms with Crippen molar-refractivity contribution in [2.45, 2.75) is 52.5 Å². The Bertz CT molecular complexity index is 1250. The Labute approximate surface area is 208 Å². The number of carbonyl (C=O) groups excluding carboxylic acids is 1. The molecular weight excluding hydrogens is 434 g/mol. The molecule has 1 aromatic heterocycles. The third-order valence-corrected chi connectivity index (χ3v) is 6.30. The minimum absolute atomic E-state index is 0.0513. The molecule has 0 atom stereocenters. The SMILES string of the molecule is Cc1ccc(C)c(OCC(=O)NCCCCCc2nc3ccccc3n2CCc2ccccc2)c1. The number of aromatic nitrogens is 2. The van der Waals surface area contributed by atoms with Gasteiger partial charge < -0.3 is 14.6 Å². The summed E-state index contributed by atoms with van der Waals surface area (Å²) >= 11 is 0. The zero-order valence-corrected chi connectivity index (χ0v) is 20.8. The summed E-state index contributed by atoms with van der Waals surface area (Å²) in [4.78, 5) is 17.1. The van der Waals surface area contributed by atoms with Crippen LogP contribution in [0.3, 0.4) is 0 Å². The number of aryl methyl sites for hydroxylation is 5. The van der Waals surface area contributed by atoms with Gasteiger partial charge >= 0.3 is 0 Å². The molecule has 1 heterocycles. The molecule has 35 heavy (non-hydrogen) atoms. The van der Waals surface area contributed by atoms with E-state index in [1.807, 2.05) is 38.1 Å². The molecule has 0 aliphatic heterocycles. The Morgan fingerprint density at radius 2 is 1.71 bits per heavy atom. The van der Waals surface area contributed by atoms with E-state index in [2.05, 4.69) is 58.4 Å². The quantitative estimate of drug-likeness (QED) is 0.267. The summed E-state index contributed by atoms with van der Waals surface area (Å²) in [6.45, 7) is 5.65. The highest BCUT2D eigenvalue weighted by molar-refractivity contribution is 5.77. The molecule has 0 fully saturated rings. The van der Waals surface area contributed by atoms with Crippen molar-refractivity contribution in [1.82, 2.24) is 14.9 Å².